The third-order valence-electron chi connectivity index (χ3n) is 6.30. The molecule has 1 N–H and O–H groups in total. The fraction of sp³-hybridized carbons (Fsp3) is 0.480. The maximum absolute atomic E-state index is 9.64. The lowest BCUT2D eigenvalue weighted by atomic mass is 9.99. The van der Waals surface area contributed by atoms with Crippen LogP contribution in [0, 0.1) is 5.92 Å². The molecule has 0 spiro atoms. The Hall–Kier alpha value is -2.77. The van der Waals surface area contributed by atoms with Gasteiger partial charge in [0.05, 0.1) is 49.0 Å². The van der Waals surface area contributed by atoms with Gasteiger partial charge in [-0.05, 0) is 55.0 Å². The van der Waals surface area contributed by atoms with Crippen LogP contribution in [0.2, 0.25) is 0 Å². The summed E-state index contributed by atoms with van der Waals surface area (Å²) in [4.78, 5) is 2.35. The Balaban J connectivity index is 1.84. The topological polar surface area (TPSA) is 68.5 Å². The highest BCUT2D eigenvalue weighted by atomic mass is 16.5. The lowest BCUT2D eigenvalue weighted by Crippen LogP contribution is -2.30. The average molecular weight is 440 g/mol. The molecule has 0 radical (unpaired) electrons. The number of aryl methyl sites for hydroxylation is 1. The molecule has 172 valence electrons. The van der Waals surface area contributed by atoms with Gasteiger partial charge in [-0.2, -0.15) is 5.10 Å². The van der Waals surface area contributed by atoms with Crippen LogP contribution in [0.25, 0.3) is 16.8 Å². The van der Waals surface area contributed by atoms with E-state index in [4.69, 9.17) is 19.3 Å². The standard InChI is InChI=1S/C25H33N3O4/c1-5-19-25(27(2)15-17-9-11-32-12-10-17)21-8-6-7-20(28(21)26-19)24-22(30-3)13-18(16-29)14-23(24)31-4/h6-8,13-14,17,29H,5,9-12,15-16H2,1-4H3. The fourth-order valence-electron chi connectivity index (χ4n) is 4.66. The number of rotatable bonds is 8. The summed E-state index contributed by atoms with van der Waals surface area (Å²) in [5, 5.41) is 14.6. The van der Waals surface area contributed by atoms with Crippen LogP contribution >= 0.6 is 0 Å². The van der Waals surface area contributed by atoms with Crippen LogP contribution in [-0.2, 0) is 17.8 Å². The summed E-state index contributed by atoms with van der Waals surface area (Å²) in [6.45, 7) is 4.74. The second kappa shape index (κ2) is 9.79. The highest BCUT2D eigenvalue weighted by molar-refractivity contribution is 5.82. The zero-order valence-corrected chi connectivity index (χ0v) is 19.4. The van der Waals surface area contributed by atoms with E-state index in [1.165, 1.54) is 5.69 Å². The van der Waals surface area contributed by atoms with Gasteiger partial charge in [-0.25, -0.2) is 4.52 Å². The summed E-state index contributed by atoms with van der Waals surface area (Å²) in [5.74, 6) is 1.92. The average Bonchev–Trinajstić information content (AvgIpc) is 3.22. The Kier molecular flexibility index (Phi) is 6.86. The lowest BCUT2D eigenvalue weighted by molar-refractivity contribution is 0.0685. The van der Waals surface area contributed by atoms with Crippen molar-refractivity contribution in [1.82, 2.24) is 9.61 Å². The summed E-state index contributed by atoms with van der Waals surface area (Å²) in [6, 6.07) is 9.89. The Morgan fingerprint density at radius 2 is 1.84 bits per heavy atom. The molecule has 1 fully saturated rings. The van der Waals surface area contributed by atoms with E-state index in [0.29, 0.717) is 17.4 Å². The number of hydrogen-bond donors (Lipinski definition) is 1. The fourth-order valence-corrected chi connectivity index (χ4v) is 4.66. The van der Waals surface area contributed by atoms with Crippen molar-refractivity contribution >= 4 is 11.2 Å². The highest BCUT2D eigenvalue weighted by Gasteiger charge is 2.24. The predicted octanol–water partition coefficient (Wildman–Crippen LogP) is 3.94. The first-order chi connectivity index (χ1) is 15.6. The van der Waals surface area contributed by atoms with Crippen LogP contribution in [-0.4, -0.2) is 55.7 Å². The van der Waals surface area contributed by atoms with E-state index in [1.54, 1.807) is 14.2 Å². The third-order valence-corrected chi connectivity index (χ3v) is 6.30. The van der Waals surface area contributed by atoms with Gasteiger partial charge in [0.15, 0.2) is 0 Å². The molecule has 0 saturated carbocycles. The third kappa shape index (κ3) is 4.14. The molecular formula is C25H33N3O4. The van der Waals surface area contributed by atoms with Gasteiger partial charge >= 0.3 is 0 Å². The first kappa shape index (κ1) is 22.4. The second-order valence-electron chi connectivity index (χ2n) is 8.33. The number of anilines is 1. The molecule has 1 aliphatic rings. The number of hydrogen-bond acceptors (Lipinski definition) is 6. The van der Waals surface area contributed by atoms with Crippen molar-refractivity contribution in [3.63, 3.8) is 0 Å². The number of aromatic nitrogens is 2. The summed E-state index contributed by atoms with van der Waals surface area (Å²) in [6.07, 6.45) is 3.04. The highest BCUT2D eigenvalue weighted by Crippen LogP contribution is 2.41. The number of aliphatic hydroxyl groups excluding tert-OH is 1. The number of nitrogens with zero attached hydrogens (tertiary/aromatic N) is 3. The van der Waals surface area contributed by atoms with Gasteiger partial charge in [-0.3, -0.25) is 0 Å². The van der Waals surface area contributed by atoms with Gasteiger partial charge in [0.25, 0.3) is 0 Å². The number of ether oxygens (including phenoxy) is 3. The Labute approximate surface area is 189 Å². The van der Waals surface area contributed by atoms with Crippen LogP contribution in [0.4, 0.5) is 5.69 Å². The zero-order valence-electron chi connectivity index (χ0n) is 19.4. The minimum Gasteiger partial charge on any atom is -0.496 e. The van der Waals surface area contributed by atoms with Crippen molar-refractivity contribution in [2.45, 2.75) is 32.8 Å². The summed E-state index contributed by atoms with van der Waals surface area (Å²) in [7, 11) is 5.43. The van der Waals surface area contributed by atoms with Crippen LogP contribution in [0.3, 0.4) is 0 Å². The van der Waals surface area contributed by atoms with Gasteiger partial charge < -0.3 is 24.2 Å². The van der Waals surface area contributed by atoms with Gasteiger partial charge in [0, 0.05) is 26.8 Å². The molecule has 0 amide bonds. The van der Waals surface area contributed by atoms with Crippen LogP contribution in [0.15, 0.2) is 30.3 Å². The van der Waals surface area contributed by atoms with E-state index in [-0.39, 0.29) is 6.61 Å². The van der Waals surface area contributed by atoms with E-state index in [9.17, 15) is 5.11 Å². The molecule has 2 aromatic heterocycles. The molecule has 32 heavy (non-hydrogen) atoms. The smallest absolute Gasteiger partial charge is 0.132 e. The van der Waals surface area contributed by atoms with Crippen molar-refractivity contribution in [2.75, 3.05) is 45.9 Å². The van der Waals surface area contributed by atoms with Crippen LogP contribution in [0.5, 0.6) is 11.5 Å². The second-order valence-corrected chi connectivity index (χ2v) is 8.33. The quantitative estimate of drug-likeness (QED) is 0.574. The van der Waals surface area contributed by atoms with E-state index < -0.39 is 0 Å². The van der Waals surface area contributed by atoms with Crippen molar-refractivity contribution in [1.29, 1.82) is 0 Å². The summed E-state index contributed by atoms with van der Waals surface area (Å²) in [5.41, 5.74) is 5.75. The van der Waals surface area contributed by atoms with Crippen molar-refractivity contribution < 1.29 is 19.3 Å². The monoisotopic (exact) mass is 439 g/mol. The Morgan fingerprint density at radius 3 is 2.44 bits per heavy atom. The van der Waals surface area contributed by atoms with Crippen molar-refractivity contribution in [3.05, 3.63) is 41.6 Å². The molecule has 0 unspecified atom stereocenters. The van der Waals surface area contributed by atoms with E-state index in [0.717, 1.165) is 67.1 Å². The van der Waals surface area contributed by atoms with E-state index >= 15 is 0 Å². The minimum atomic E-state index is -0.0832. The molecule has 1 aliphatic heterocycles. The lowest BCUT2D eigenvalue weighted by Gasteiger charge is -2.28. The summed E-state index contributed by atoms with van der Waals surface area (Å²) >= 11 is 0. The van der Waals surface area contributed by atoms with E-state index in [2.05, 4.69) is 31.0 Å². The maximum Gasteiger partial charge on any atom is 0.132 e. The molecule has 4 rings (SSSR count). The Bertz CT molecular complexity index is 1050. The first-order valence-electron chi connectivity index (χ1n) is 11.3. The molecule has 3 aromatic rings. The van der Waals surface area contributed by atoms with Gasteiger partial charge in [0.2, 0.25) is 0 Å². The van der Waals surface area contributed by atoms with Crippen LogP contribution in [0.1, 0.15) is 31.0 Å². The molecular weight excluding hydrogens is 406 g/mol. The first-order valence-corrected chi connectivity index (χ1v) is 11.3. The largest absolute Gasteiger partial charge is 0.496 e. The number of pyridine rings is 1. The normalized spacial score (nSPS) is 14.7. The minimum absolute atomic E-state index is 0.0832. The van der Waals surface area contributed by atoms with Gasteiger partial charge in [-0.15, -0.1) is 0 Å². The molecule has 1 saturated heterocycles. The molecule has 0 aliphatic carbocycles. The predicted molar refractivity (Wildman–Crippen MR) is 126 cm³/mol. The SMILES string of the molecule is CCc1nn2c(-c3c(OC)cc(CO)cc3OC)cccc2c1N(C)CC1CCOCC1. The molecule has 0 bridgehead atoms. The van der Waals surface area contributed by atoms with Gasteiger partial charge in [-0.1, -0.05) is 13.0 Å². The Morgan fingerprint density at radius 1 is 1.16 bits per heavy atom. The molecule has 7 nitrogen and oxygen atoms in total. The molecule has 3 heterocycles. The molecule has 7 heteroatoms. The summed E-state index contributed by atoms with van der Waals surface area (Å²) < 4.78 is 18.9. The van der Waals surface area contributed by atoms with Crippen LogP contribution < -0.4 is 14.4 Å². The van der Waals surface area contributed by atoms with E-state index in [1.807, 2.05) is 22.7 Å². The molecule has 1 aromatic carbocycles. The maximum atomic E-state index is 9.64. The molecule has 0 atom stereocenters. The van der Waals surface area contributed by atoms with Crippen molar-refractivity contribution in [3.8, 4) is 22.8 Å². The number of aliphatic hydroxyl groups is 1. The number of methoxy groups -OCH3 is 2. The number of fused-ring (bicyclic) bond motifs is 1. The zero-order chi connectivity index (χ0) is 22.7. The van der Waals surface area contributed by atoms with Gasteiger partial charge in [0.1, 0.15) is 11.5 Å². The number of benzene rings is 1. The van der Waals surface area contributed by atoms with Crippen molar-refractivity contribution in [2.24, 2.45) is 5.92 Å².